The van der Waals surface area contributed by atoms with Gasteiger partial charge in [0, 0.05) is 67.7 Å². The maximum Gasteiger partial charge on any atom is 0.229 e. The van der Waals surface area contributed by atoms with Gasteiger partial charge in [-0.2, -0.15) is 10.1 Å². The van der Waals surface area contributed by atoms with Crippen molar-refractivity contribution < 1.29 is 4.57 Å². The highest BCUT2D eigenvalue weighted by Crippen LogP contribution is 2.41. The molecule has 2 saturated heterocycles. The second-order valence-corrected chi connectivity index (χ2v) is 17.2. The van der Waals surface area contributed by atoms with Crippen molar-refractivity contribution in [2.45, 2.75) is 58.7 Å². The van der Waals surface area contributed by atoms with E-state index in [2.05, 4.69) is 62.3 Å². The second kappa shape index (κ2) is 12.8. The van der Waals surface area contributed by atoms with Crippen LogP contribution in [0.1, 0.15) is 37.8 Å². The lowest BCUT2D eigenvalue weighted by Gasteiger charge is -2.47. The summed E-state index contributed by atoms with van der Waals surface area (Å²) in [5.74, 6) is 2.02. The van der Waals surface area contributed by atoms with E-state index in [0.717, 1.165) is 77.7 Å². The average Bonchev–Trinajstić information content (AvgIpc) is 3.33. The third-order valence-electron chi connectivity index (χ3n) is 9.96. The molecule has 0 amide bonds. The van der Waals surface area contributed by atoms with E-state index in [0.29, 0.717) is 34.9 Å². The van der Waals surface area contributed by atoms with Crippen LogP contribution in [-0.4, -0.2) is 94.2 Å². The smallest absolute Gasteiger partial charge is 0.229 e. The molecule has 46 heavy (non-hydrogen) atoms. The number of anilines is 5. The average molecular weight is 664 g/mol. The van der Waals surface area contributed by atoms with E-state index in [4.69, 9.17) is 16.7 Å². The van der Waals surface area contributed by atoms with Crippen molar-refractivity contribution in [2.24, 2.45) is 7.05 Å². The number of hydrogen-bond acceptors (Lipinski definition) is 9. The van der Waals surface area contributed by atoms with Gasteiger partial charge in [-0.05, 0) is 96.3 Å². The molecular weight excluding hydrogens is 617 g/mol. The van der Waals surface area contributed by atoms with E-state index >= 15 is 0 Å². The van der Waals surface area contributed by atoms with Crippen molar-refractivity contribution in [3.63, 3.8) is 0 Å². The SMILES string of the molecule is Cc1ccc(Nc2nc(Nc3ccc4c(N5CCC(N6C[C@@H](C)N(C)[C@@H](C)C6)CC5)n(C)nc4c3)ncc2Cl)c(P(C)(C)=O)c1C. The molecule has 0 spiro atoms. The molecule has 0 aliphatic carbocycles. The summed E-state index contributed by atoms with van der Waals surface area (Å²) in [5, 5.41) is 13.9. The number of halogens is 1. The number of aryl methyl sites for hydroxylation is 2. The number of benzene rings is 2. The quantitative estimate of drug-likeness (QED) is 0.219. The van der Waals surface area contributed by atoms with Crippen molar-refractivity contribution in [2.75, 3.05) is 62.1 Å². The zero-order valence-corrected chi connectivity index (χ0v) is 30.0. The molecule has 2 atom stereocenters. The number of likely N-dealkylation sites (N-methyl/N-ethyl adjacent to an activating group) is 1. The molecule has 0 saturated carbocycles. The van der Waals surface area contributed by atoms with Gasteiger partial charge >= 0.3 is 0 Å². The van der Waals surface area contributed by atoms with Crippen molar-refractivity contribution in [1.82, 2.24) is 29.5 Å². The van der Waals surface area contributed by atoms with Gasteiger partial charge in [0.1, 0.15) is 18.0 Å². The van der Waals surface area contributed by atoms with Crippen molar-refractivity contribution >= 4 is 63.9 Å². The number of rotatable bonds is 7. The molecule has 4 aromatic rings. The number of aromatic nitrogens is 4. The predicted molar refractivity (Wildman–Crippen MR) is 193 cm³/mol. The summed E-state index contributed by atoms with van der Waals surface area (Å²) in [4.78, 5) is 16.8. The summed E-state index contributed by atoms with van der Waals surface area (Å²) in [6.45, 7) is 16.6. The molecule has 2 aliphatic rings. The molecular formula is C34H47ClN9OP. The van der Waals surface area contributed by atoms with Crippen molar-refractivity contribution in [1.29, 1.82) is 0 Å². The standard InChI is InChI=1S/C34H47ClN9OP/c1-21-9-12-29(31(24(21)4)46(7,8)45)38-32-28(35)18-36-34(39-32)37-25-10-11-27-30(17-25)40-42(6)33(27)43-15-13-26(14-16-43)44-19-22(2)41(5)23(3)20-44/h9-12,17-18,22-23,26H,13-16,19-20H2,1-8H3,(H2,36,37,38,39)/t22-,23+. The van der Waals surface area contributed by atoms with Crippen LogP contribution in [0.2, 0.25) is 5.02 Å². The molecule has 2 aromatic heterocycles. The Kier molecular flexibility index (Phi) is 9.11. The van der Waals surface area contributed by atoms with Gasteiger partial charge < -0.3 is 20.1 Å². The highest BCUT2D eigenvalue weighted by atomic mass is 35.5. The third-order valence-corrected chi connectivity index (χ3v) is 11.9. The predicted octanol–water partition coefficient (Wildman–Crippen LogP) is 6.36. The number of hydrogen-bond donors (Lipinski definition) is 2. The van der Waals surface area contributed by atoms with Crippen LogP contribution in [0.5, 0.6) is 0 Å². The first-order chi connectivity index (χ1) is 21.8. The first kappa shape index (κ1) is 32.8. The Morgan fingerprint density at radius 2 is 1.67 bits per heavy atom. The highest BCUT2D eigenvalue weighted by Gasteiger charge is 2.33. The summed E-state index contributed by atoms with van der Waals surface area (Å²) < 4.78 is 15.2. The lowest BCUT2D eigenvalue weighted by atomic mass is 9.99. The summed E-state index contributed by atoms with van der Waals surface area (Å²) >= 11 is 6.52. The number of nitrogens with one attached hydrogen (secondary N) is 2. The summed E-state index contributed by atoms with van der Waals surface area (Å²) in [6.07, 6.45) is 3.90. The third kappa shape index (κ3) is 6.50. The van der Waals surface area contributed by atoms with Gasteiger partial charge in [-0.1, -0.05) is 17.7 Å². The number of piperidine rings is 1. The molecule has 0 bridgehead atoms. The maximum absolute atomic E-state index is 13.2. The normalized spacial score (nSPS) is 20.4. The second-order valence-electron chi connectivity index (χ2n) is 13.6. The Balaban J connectivity index is 1.17. The number of fused-ring (bicyclic) bond motifs is 1. The lowest BCUT2D eigenvalue weighted by Crippen LogP contribution is -2.59. The number of piperazine rings is 1. The van der Waals surface area contributed by atoms with Crippen LogP contribution in [0.3, 0.4) is 0 Å². The minimum Gasteiger partial charge on any atom is -0.356 e. The fourth-order valence-corrected chi connectivity index (χ4v) is 9.03. The first-order valence-corrected chi connectivity index (χ1v) is 19.2. The van der Waals surface area contributed by atoms with Crippen LogP contribution >= 0.6 is 18.7 Å². The lowest BCUT2D eigenvalue weighted by molar-refractivity contribution is 0.0269. The van der Waals surface area contributed by atoms with E-state index in [1.807, 2.05) is 49.8 Å². The van der Waals surface area contributed by atoms with Gasteiger partial charge in [0.25, 0.3) is 0 Å². The first-order valence-electron chi connectivity index (χ1n) is 16.2. The molecule has 0 radical (unpaired) electrons. The Labute approximate surface area is 277 Å². The monoisotopic (exact) mass is 663 g/mol. The van der Waals surface area contributed by atoms with E-state index < -0.39 is 7.14 Å². The van der Waals surface area contributed by atoms with Gasteiger partial charge in [-0.15, -0.1) is 0 Å². The fraction of sp³-hybridized carbons (Fsp3) is 0.500. The van der Waals surface area contributed by atoms with Crippen molar-refractivity contribution in [3.8, 4) is 0 Å². The van der Waals surface area contributed by atoms with E-state index in [1.165, 1.54) is 5.82 Å². The molecule has 10 nitrogen and oxygen atoms in total. The van der Waals surface area contributed by atoms with Crippen LogP contribution in [0.25, 0.3) is 10.9 Å². The number of nitrogens with zero attached hydrogens (tertiary/aromatic N) is 7. The van der Waals surface area contributed by atoms with Crippen LogP contribution < -0.4 is 20.8 Å². The van der Waals surface area contributed by atoms with Crippen LogP contribution in [0.4, 0.5) is 29.0 Å². The Morgan fingerprint density at radius 3 is 2.35 bits per heavy atom. The molecule has 12 heteroatoms. The Hall–Kier alpha value is -3.17. The zero-order valence-electron chi connectivity index (χ0n) is 28.3. The summed E-state index contributed by atoms with van der Waals surface area (Å²) in [5.41, 5.74) is 4.59. The molecule has 6 rings (SSSR count). The molecule has 2 aliphatic heterocycles. The molecule has 4 heterocycles. The van der Waals surface area contributed by atoms with Gasteiger partial charge in [-0.25, -0.2) is 4.98 Å². The minimum absolute atomic E-state index is 0.377. The molecule has 2 aromatic carbocycles. The van der Waals surface area contributed by atoms with Gasteiger partial charge in [0.05, 0.1) is 17.4 Å². The molecule has 2 fully saturated rings. The summed E-state index contributed by atoms with van der Waals surface area (Å²) in [6, 6.07) is 12.0. The molecule has 246 valence electrons. The molecule has 0 unspecified atom stereocenters. The fourth-order valence-electron chi connectivity index (χ4n) is 7.19. The van der Waals surface area contributed by atoms with Gasteiger partial charge in [0.15, 0.2) is 5.82 Å². The van der Waals surface area contributed by atoms with Crippen LogP contribution in [0, 0.1) is 13.8 Å². The van der Waals surface area contributed by atoms with E-state index in [9.17, 15) is 4.57 Å². The topological polar surface area (TPSA) is 94.5 Å². The van der Waals surface area contributed by atoms with Crippen molar-refractivity contribution in [3.05, 3.63) is 52.7 Å². The largest absolute Gasteiger partial charge is 0.356 e. The van der Waals surface area contributed by atoms with Crippen LogP contribution in [0.15, 0.2) is 36.5 Å². The zero-order chi connectivity index (χ0) is 32.9. The Morgan fingerprint density at radius 1 is 0.978 bits per heavy atom. The van der Waals surface area contributed by atoms with Gasteiger partial charge in [0.2, 0.25) is 5.95 Å². The highest BCUT2D eigenvalue weighted by molar-refractivity contribution is 7.70. The molecule has 2 N–H and O–H groups in total. The minimum atomic E-state index is -2.57. The Bertz CT molecular complexity index is 1780. The van der Waals surface area contributed by atoms with Gasteiger partial charge in [-0.3, -0.25) is 14.5 Å². The van der Waals surface area contributed by atoms with Crippen LogP contribution in [-0.2, 0) is 11.6 Å². The van der Waals surface area contributed by atoms with E-state index in [-0.39, 0.29) is 0 Å². The maximum atomic E-state index is 13.2. The van der Waals surface area contributed by atoms with E-state index in [1.54, 1.807) is 19.5 Å². The summed E-state index contributed by atoms with van der Waals surface area (Å²) in [7, 11) is 1.71.